The molecule has 0 saturated heterocycles. The number of thioether (sulfide) groups is 1. The standard InChI is InChI=1S/C15H30O2S.C15H24O.C3H6O2/c1-3-4-5-6-7-8-9-10-11-12-13-18-14(2)15(16)17;1-10-8-11(14(2,3)4)13(16)12(9-10)15(5,6)7;1-2-3(4)5/h14H,3-13H2,1-2H3,(H,16,17);8-9,16H,1-7H3;2H2,1H3,(H,4,5). The highest BCUT2D eigenvalue weighted by Crippen LogP contribution is 2.39. The van der Waals surface area contributed by atoms with E-state index in [1.807, 2.05) is 0 Å². The predicted octanol–water partition coefficient (Wildman–Crippen LogP) is 9.89. The van der Waals surface area contributed by atoms with Crippen molar-refractivity contribution in [2.24, 2.45) is 0 Å². The maximum atomic E-state index is 10.6. The summed E-state index contributed by atoms with van der Waals surface area (Å²) in [5, 5.41) is 26.6. The summed E-state index contributed by atoms with van der Waals surface area (Å²) in [7, 11) is 0. The first kappa shape index (κ1) is 39.5. The van der Waals surface area contributed by atoms with Crippen LogP contribution in [0, 0.1) is 6.92 Å². The van der Waals surface area contributed by atoms with E-state index in [4.69, 9.17) is 10.2 Å². The number of hydrogen-bond donors (Lipinski definition) is 3. The number of hydrogen-bond acceptors (Lipinski definition) is 4. The van der Waals surface area contributed by atoms with E-state index in [2.05, 4.69) is 67.5 Å². The average Bonchev–Trinajstić information content (AvgIpc) is 2.83. The van der Waals surface area contributed by atoms with E-state index in [1.165, 1.54) is 63.4 Å². The molecule has 1 atom stereocenters. The van der Waals surface area contributed by atoms with Gasteiger partial charge in [0.25, 0.3) is 0 Å². The van der Waals surface area contributed by atoms with Crippen molar-refractivity contribution in [1.29, 1.82) is 0 Å². The van der Waals surface area contributed by atoms with Gasteiger partial charge in [-0.15, -0.1) is 11.8 Å². The monoisotopic (exact) mass is 568 g/mol. The maximum absolute atomic E-state index is 10.6. The summed E-state index contributed by atoms with van der Waals surface area (Å²) in [4.78, 5) is 20.0. The van der Waals surface area contributed by atoms with Gasteiger partial charge in [0, 0.05) is 6.42 Å². The van der Waals surface area contributed by atoms with Crippen LogP contribution < -0.4 is 0 Å². The van der Waals surface area contributed by atoms with Gasteiger partial charge >= 0.3 is 11.9 Å². The topological polar surface area (TPSA) is 94.8 Å². The molecule has 6 heteroatoms. The quantitative estimate of drug-likeness (QED) is 0.193. The van der Waals surface area contributed by atoms with Gasteiger partial charge < -0.3 is 15.3 Å². The number of phenolic OH excluding ortho intramolecular Hbond substituents is 1. The molecule has 1 rings (SSSR count). The second-order valence-corrected chi connectivity index (χ2v) is 13.9. The molecule has 0 saturated carbocycles. The van der Waals surface area contributed by atoms with E-state index < -0.39 is 11.9 Å². The predicted molar refractivity (Wildman–Crippen MR) is 170 cm³/mol. The highest BCUT2D eigenvalue weighted by Gasteiger charge is 2.25. The van der Waals surface area contributed by atoms with E-state index in [-0.39, 0.29) is 22.5 Å². The summed E-state index contributed by atoms with van der Waals surface area (Å²) in [6.07, 6.45) is 13.6. The maximum Gasteiger partial charge on any atom is 0.316 e. The minimum Gasteiger partial charge on any atom is -0.507 e. The number of carboxylic acid groups (broad SMARTS) is 2. The molecule has 0 aliphatic heterocycles. The Morgan fingerprint density at radius 1 is 0.769 bits per heavy atom. The van der Waals surface area contributed by atoms with Gasteiger partial charge in [-0.2, -0.15) is 0 Å². The highest BCUT2D eigenvalue weighted by atomic mass is 32.2. The number of benzene rings is 1. The number of rotatable bonds is 14. The summed E-state index contributed by atoms with van der Waals surface area (Å²) >= 11 is 1.56. The van der Waals surface area contributed by atoms with Crippen molar-refractivity contribution in [3.8, 4) is 5.75 Å². The third-order valence-corrected chi connectivity index (χ3v) is 7.61. The van der Waals surface area contributed by atoms with E-state index >= 15 is 0 Å². The number of carboxylic acids is 2. The second-order valence-electron chi connectivity index (χ2n) is 12.5. The summed E-state index contributed by atoms with van der Waals surface area (Å²) in [6.45, 7) is 20.5. The zero-order valence-electron chi connectivity index (χ0n) is 26.8. The molecule has 0 aliphatic carbocycles. The van der Waals surface area contributed by atoms with Gasteiger partial charge in [-0.3, -0.25) is 9.59 Å². The third-order valence-electron chi connectivity index (χ3n) is 6.39. The average molecular weight is 569 g/mol. The van der Waals surface area contributed by atoms with Crippen molar-refractivity contribution in [2.75, 3.05) is 5.75 Å². The lowest BCUT2D eigenvalue weighted by molar-refractivity contribution is -0.137. The molecule has 0 radical (unpaired) electrons. The minimum atomic E-state index is -0.745. The van der Waals surface area contributed by atoms with Crippen molar-refractivity contribution in [1.82, 2.24) is 0 Å². The zero-order valence-corrected chi connectivity index (χ0v) is 27.6. The van der Waals surface area contributed by atoms with Crippen LogP contribution in [0.5, 0.6) is 5.75 Å². The molecule has 1 aromatic carbocycles. The van der Waals surface area contributed by atoms with E-state index in [1.54, 1.807) is 25.6 Å². The van der Waals surface area contributed by atoms with Gasteiger partial charge in [0.15, 0.2) is 0 Å². The van der Waals surface area contributed by atoms with Gasteiger partial charge in [0.2, 0.25) is 0 Å². The number of aliphatic carboxylic acids is 2. The molecule has 39 heavy (non-hydrogen) atoms. The van der Waals surface area contributed by atoms with Gasteiger partial charge in [0.05, 0.1) is 5.25 Å². The molecule has 228 valence electrons. The van der Waals surface area contributed by atoms with E-state index in [0.717, 1.165) is 23.3 Å². The minimum absolute atomic E-state index is 0.0178. The second kappa shape index (κ2) is 21.1. The van der Waals surface area contributed by atoms with Crippen molar-refractivity contribution < 1.29 is 24.9 Å². The van der Waals surface area contributed by atoms with Crippen molar-refractivity contribution in [2.45, 2.75) is 156 Å². The Hall–Kier alpha value is -1.69. The van der Waals surface area contributed by atoms with Gasteiger partial charge in [-0.1, -0.05) is 131 Å². The van der Waals surface area contributed by atoms with Crippen LogP contribution in [0.3, 0.4) is 0 Å². The van der Waals surface area contributed by atoms with Crippen LogP contribution in [-0.4, -0.2) is 38.3 Å². The molecule has 0 fully saturated rings. The lowest BCUT2D eigenvalue weighted by atomic mass is 9.78. The molecule has 3 N–H and O–H groups in total. The number of aromatic hydroxyl groups is 1. The third kappa shape index (κ3) is 20.8. The zero-order chi connectivity index (χ0) is 30.6. The van der Waals surface area contributed by atoms with Crippen LogP contribution in [0.4, 0.5) is 0 Å². The molecule has 0 spiro atoms. The molecule has 1 unspecified atom stereocenters. The number of phenols is 1. The van der Waals surface area contributed by atoms with Crippen LogP contribution in [0.2, 0.25) is 0 Å². The van der Waals surface area contributed by atoms with Crippen LogP contribution in [0.1, 0.15) is 150 Å². The van der Waals surface area contributed by atoms with Crippen LogP contribution in [-0.2, 0) is 20.4 Å². The molecule has 0 amide bonds. The normalized spacial score (nSPS) is 12.1. The largest absolute Gasteiger partial charge is 0.507 e. The van der Waals surface area contributed by atoms with Gasteiger partial charge in [-0.05, 0) is 48.0 Å². The Morgan fingerprint density at radius 2 is 1.13 bits per heavy atom. The molecule has 0 bridgehead atoms. The van der Waals surface area contributed by atoms with Crippen molar-refractivity contribution >= 4 is 23.7 Å². The SMILES string of the molecule is CCC(=O)O.CCCCCCCCCCCCSC(C)C(=O)O.Cc1cc(C(C)(C)C)c(O)c(C(C)(C)C)c1. The van der Waals surface area contributed by atoms with Crippen LogP contribution in [0.15, 0.2) is 12.1 Å². The van der Waals surface area contributed by atoms with E-state index in [9.17, 15) is 14.7 Å². The fraction of sp³-hybridized carbons (Fsp3) is 0.758. The molecule has 0 aliphatic rings. The van der Waals surface area contributed by atoms with E-state index in [0.29, 0.717) is 5.75 Å². The van der Waals surface area contributed by atoms with Crippen LogP contribution >= 0.6 is 11.8 Å². The molecule has 5 nitrogen and oxygen atoms in total. The fourth-order valence-electron chi connectivity index (χ4n) is 3.84. The highest BCUT2D eigenvalue weighted by molar-refractivity contribution is 8.00. The number of carbonyl (C=O) groups is 2. The molecule has 0 heterocycles. The summed E-state index contributed by atoms with van der Waals surface area (Å²) in [6, 6.07) is 4.18. The first-order valence-corrected chi connectivity index (χ1v) is 15.9. The molecule has 1 aromatic rings. The first-order valence-electron chi connectivity index (χ1n) is 14.9. The Morgan fingerprint density at radius 3 is 1.44 bits per heavy atom. The first-order chi connectivity index (χ1) is 18.0. The summed E-state index contributed by atoms with van der Waals surface area (Å²) < 4.78 is 0. The summed E-state index contributed by atoms with van der Waals surface area (Å²) in [5.74, 6) is 0.0203. The Balaban J connectivity index is 0. The Kier molecular flexibility index (Phi) is 21.4. The molecule has 0 aromatic heterocycles. The fourth-order valence-corrected chi connectivity index (χ4v) is 4.71. The Bertz CT molecular complexity index is 770. The molecular formula is C33H60O5S. The van der Waals surface area contributed by atoms with Crippen molar-refractivity contribution in [3.05, 3.63) is 28.8 Å². The van der Waals surface area contributed by atoms with Crippen molar-refractivity contribution in [3.63, 3.8) is 0 Å². The molecular weight excluding hydrogens is 508 g/mol. The smallest absolute Gasteiger partial charge is 0.316 e. The summed E-state index contributed by atoms with van der Waals surface area (Å²) in [5.41, 5.74) is 3.26. The Labute approximate surface area is 244 Å². The lowest BCUT2D eigenvalue weighted by Gasteiger charge is -2.27. The number of unbranched alkanes of at least 4 members (excludes halogenated alkanes) is 9. The number of aryl methyl sites for hydroxylation is 1. The van der Waals surface area contributed by atoms with Gasteiger partial charge in [0.1, 0.15) is 5.75 Å². The van der Waals surface area contributed by atoms with Gasteiger partial charge in [-0.25, -0.2) is 0 Å². The van der Waals surface area contributed by atoms with Crippen LogP contribution in [0.25, 0.3) is 0 Å². The lowest BCUT2D eigenvalue weighted by Crippen LogP contribution is -2.17.